The van der Waals surface area contributed by atoms with Crippen molar-refractivity contribution in [1.29, 1.82) is 0 Å². The van der Waals surface area contributed by atoms with Crippen LogP contribution in [0.1, 0.15) is 29.2 Å². The van der Waals surface area contributed by atoms with Gasteiger partial charge in [-0.25, -0.2) is 0 Å². The predicted molar refractivity (Wildman–Crippen MR) is 86.7 cm³/mol. The Labute approximate surface area is 131 Å². The number of benzene rings is 2. The summed E-state index contributed by atoms with van der Waals surface area (Å²) in [5.74, 6) is 0. The lowest BCUT2D eigenvalue weighted by atomic mass is 10.1. The summed E-state index contributed by atoms with van der Waals surface area (Å²) in [4.78, 5) is 10.4. The predicted octanol–water partition coefficient (Wildman–Crippen LogP) is 4.77. The van der Waals surface area contributed by atoms with Gasteiger partial charge in [0, 0.05) is 22.3 Å². The zero-order valence-electron chi connectivity index (χ0n) is 11.6. The normalized spacial score (nSPS) is 16.6. The molecule has 0 saturated carbocycles. The lowest BCUT2D eigenvalue weighted by Crippen LogP contribution is -2.08. The van der Waals surface area contributed by atoms with Gasteiger partial charge in [-0.1, -0.05) is 22.0 Å². The van der Waals surface area contributed by atoms with Gasteiger partial charge in [-0.05, 0) is 54.7 Å². The number of halogens is 1. The number of hydrogen-bond acceptors (Lipinski definition) is 3. The first-order chi connectivity index (χ1) is 10.0. The largest absolute Gasteiger partial charge is 0.378 e. The molecule has 0 heterocycles. The van der Waals surface area contributed by atoms with Crippen molar-refractivity contribution in [3.05, 3.63) is 67.7 Å². The Morgan fingerprint density at radius 3 is 2.81 bits per heavy atom. The third kappa shape index (κ3) is 2.78. The van der Waals surface area contributed by atoms with Gasteiger partial charge in [-0.2, -0.15) is 0 Å². The molecule has 1 aliphatic carbocycles. The summed E-state index contributed by atoms with van der Waals surface area (Å²) in [6.07, 6.45) is 2.10. The topological polar surface area (TPSA) is 55.2 Å². The number of anilines is 1. The Morgan fingerprint density at radius 1 is 1.29 bits per heavy atom. The molecule has 0 aromatic heterocycles. The number of nitro groups is 1. The van der Waals surface area contributed by atoms with Gasteiger partial charge in [0.1, 0.15) is 0 Å². The minimum absolute atomic E-state index is 0.133. The molecule has 1 N–H and O–H groups in total. The van der Waals surface area contributed by atoms with Crippen molar-refractivity contribution in [1.82, 2.24) is 0 Å². The number of non-ortho nitro benzene ring substituents is 1. The van der Waals surface area contributed by atoms with Crippen LogP contribution < -0.4 is 5.32 Å². The molecule has 2 aromatic carbocycles. The third-order valence-electron chi connectivity index (χ3n) is 3.93. The second-order valence-electron chi connectivity index (χ2n) is 5.34. The summed E-state index contributed by atoms with van der Waals surface area (Å²) in [6, 6.07) is 11.6. The maximum atomic E-state index is 10.8. The molecule has 0 aliphatic heterocycles. The van der Waals surface area contributed by atoms with E-state index in [1.807, 2.05) is 6.92 Å². The molecule has 0 fully saturated rings. The van der Waals surface area contributed by atoms with E-state index < -0.39 is 0 Å². The number of nitrogens with zero attached hydrogens (tertiary/aromatic N) is 1. The molecule has 0 amide bonds. The van der Waals surface area contributed by atoms with Crippen molar-refractivity contribution in [2.24, 2.45) is 0 Å². The van der Waals surface area contributed by atoms with Crippen LogP contribution in [0.25, 0.3) is 0 Å². The van der Waals surface area contributed by atoms with Crippen molar-refractivity contribution >= 4 is 27.3 Å². The minimum Gasteiger partial charge on any atom is -0.378 e. The van der Waals surface area contributed by atoms with Gasteiger partial charge >= 0.3 is 0 Å². The first-order valence-electron chi connectivity index (χ1n) is 6.84. The van der Waals surface area contributed by atoms with E-state index >= 15 is 0 Å². The third-order valence-corrected chi connectivity index (χ3v) is 4.43. The second-order valence-corrected chi connectivity index (χ2v) is 6.25. The van der Waals surface area contributed by atoms with Gasteiger partial charge in [0.25, 0.3) is 5.69 Å². The van der Waals surface area contributed by atoms with Crippen LogP contribution in [0.3, 0.4) is 0 Å². The van der Waals surface area contributed by atoms with Gasteiger partial charge in [0.05, 0.1) is 11.0 Å². The van der Waals surface area contributed by atoms with Crippen molar-refractivity contribution in [3.8, 4) is 0 Å². The maximum absolute atomic E-state index is 10.8. The number of nitro benzene ring substituents is 1. The number of rotatable bonds is 3. The highest BCUT2D eigenvalue weighted by Crippen LogP contribution is 2.36. The van der Waals surface area contributed by atoms with E-state index in [9.17, 15) is 10.1 Å². The van der Waals surface area contributed by atoms with E-state index in [-0.39, 0.29) is 16.7 Å². The van der Waals surface area contributed by atoms with E-state index in [0.29, 0.717) is 0 Å². The van der Waals surface area contributed by atoms with Gasteiger partial charge in [-0.3, -0.25) is 10.1 Å². The van der Waals surface area contributed by atoms with Gasteiger partial charge in [0.2, 0.25) is 0 Å². The second kappa shape index (κ2) is 5.48. The van der Waals surface area contributed by atoms with Gasteiger partial charge in [-0.15, -0.1) is 0 Å². The zero-order valence-corrected chi connectivity index (χ0v) is 13.2. The van der Waals surface area contributed by atoms with E-state index in [4.69, 9.17) is 0 Å². The number of nitrogens with one attached hydrogen (secondary N) is 1. The molecule has 21 heavy (non-hydrogen) atoms. The van der Waals surface area contributed by atoms with E-state index in [2.05, 4.69) is 39.4 Å². The van der Waals surface area contributed by atoms with Crippen LogP contribution in [0.4, 0.5) is 11.4 Å². The smallest absolute Gasteiger partial charge is 0.269 e. The van der Waals surface area contributed by atoms with Crippen LogP contribution in [0, 0.1) is 17.0 Å². The first-order valence-corrected chi connectivity index (χ1v) is 7.64. The van der Waals surface area contributed by atoms with Gasteiger partial charge in [0.15, 0.2) is 0 Å². The Bertz CT molecular complexity index is 715. The SMILES string of the molecule is Cc1cc([N+](=O)[O-])ccc1NC1CCc2cc(Br)ccc21. The van der Waals surface area contributed by atoms with Crippen LogP contribution in [-0.2, 0) is 6.42 Å². The minimum atomic E-state index is -0.362. The zero-order chi connectivity index (χ0) is 15.0. The molecule has 3 rings (SSSR count). The highest BCUT2D eigenvalue weighted by Gasteiger charge is 2.23. The van der Waals surface area contributed by atoms with Crippen LogP contribution in [-0.4, -0.2) is 4.92 Å². The fourth-order valence-electron chi connectivity index (χ4n) is 2.85. The first kappa shape index (κ1) is 14.1. The van der Waals surface area contributed by atoms with Crippen molar-refractivity contribution in [2.45, 2.75) is 25.8 Å². The summed E-state index contributed by atoms with van der Waals surface area (Å²) >= 11 is 3.50. The quantitative estimate of drug-likeness (QED) is 0.643. The van der Waals surface area contributed by atoms with E-state index in [0.717, 1.165) is 28.6 Å². The molecule has 5 heteroatoms. The maximum Gasteiger partial charge on any atom is 0.269 e. The average Bonchev–Trinajstić information content (AvgIpc) is 2.83. The van der Waals surface area contributed by atoms with E-state index in [1.54, 1.807) is 18.2 Å². The number of hydrogen-bond donors (Lipinski definition) is 1. The Morgan fingerprint density at radius 2 is 2.10 bits per heavy atom. The summed E-state index contributed by atoms with van der Waals surface area (Å²) in [6.45, 7) is 1.90. The lowest BCUT2D eigenvalue weighted by Gasteiger charge is -2.17. The number of aryl methyl sites for hydroxylation is 2. The van der Waals surface area contributed by atoms with Gasteiger partial charge < -0.3 is 5.32 Å². The molecule has 1 atom stereocenters. The van der Waals surface area contributed by atoms with Crippen LogP contribution >= 0.6 is 15.9 Å². The summed E-state index contributed by atoms with van der Waals surface area (Å²) in [5, 5.41) is 14.3. The fraction of sp³-hybridized carbons (Fsp3) is 0.250. The lowest BCUT2D eigenvalue weighted by molar-refractivity contribution is -0.384. The highest BCUT2D eigenvalue weighted by molar-refractivity contribution is 9.10. The molecule has 0 bridgehead atoms. The summed E-state index contributed by atoms with van der Waals surface area (Å²) in [5.41, 5.74) is 4.67. The summed E-state index contributed by atoms with van der Waals surface area (Å²) < 4.78 is 1.11. The van der Waals surface area contributed by atoms with Crippen LogP contribution in [0.2, 0.25) is 0 Å². The average molecular weight is 347 g/mol. The Kier molecular flexibility index (Phi) is 3.68. The van der Waals surface area contributed by atoms with Crippen LogP contribution in [0.15, 0.2) is 40.9 Å². The van der Waals surface area contributed by atoms with Crippen LogP contribution in [0.5, 0.6) is 0 Å². The van der Waals surface area contributed by atoms with Crippen molar-refractivity contribution in [2.75, 3.05) is 5.32 Å². The van der Waals surface area contributed by atoms with E-state index in [1.165, 1.54) is 11.1 Å². The molecule has 2 aromatic rings. The highest BCUT2D eigenvalue weighted by atomic mass is 79.9. The molecular weight excluding hydrogens is 332 g/mol. The summed E-state index contributed by atoms with van der Waals surface area (Å²) in [7, 11) is 0. The molecule has 0 saturated heterocycles. The Hall–Kier alpha value is -1.88. The van der Waals surface area contributed by atoms with Crippen molar-refractivity contribution in [3.63, 3.8) is 0 Å². The molecule has 1 unspecified atom stereocenters. The monoisotopic (exact) mass is 346 g/mol. The number of fused-ring (bicyclic) bond motifs is 1. The molecule has 108 valence electrons. The molecular formula is C16H15BrN2O2. The van der Waals surface area contributed by atoms with Crippen molar-refractivity contribution < 1.29 is 4.92 Å². The molecule has 4 nitrogen and oxygen atoms in total. The molecule has 0 spiro atoms. The molecule has 1 aliphatic rings. The fourth-order valence-corrected chi connectivity index (χ4v) is 3.26. The molecule has 0 radical (unpaired) electrons. The Balaban J connectivity index is 1.84. The standard InChI is InChI=1S/C16H15BrN2O2/c1-10-8-13(19(20)21)4-7-15(10)18-16-6-2-11-9-12(17)3-5-14(11)16/h3-5,7-9,16,18H,2,6H2,1H3.